The van der Waals surface area contributed by atoms with Gasteiger partial charge in [-0.3, -0.25) is 4.79 Å². The van der Waals surface area contributed by atoms with Crippen LogP contribution in [0, 0.1) is 0 Å². The number of carbonyl (C=O) groups is 1. The molecule has 3 rings (SSSR count). The van der Waals surface area contributed by atoms with Crippen molar-refractivity contribution in [2.24, 2.45) is 0 Å². The lowest BCUT2D eigenvalue weighted by Crippen LogP contribution is -2.40. The predicted molar refractivity (Wildman–Crippen MR) is 85.7 cm³/mol. The molecule has 0 bridgehead atoms. The molecule has 5 heteroatoms. The van der Waals surface area contributed by atoms with Crippen molar-refractivity contribution >= 4 is 11.6 Å². The van der Waals surface area contributed by atoms with Gasteiger partial charge in [0.05, 0.1) is 12.9 Å². The van der Waals surface area contributed by atoms with E-state index in [-0.39, 0.29) is 5.91 Å². The highest BCUT2D eigenvalue weighted by molar-refractivity contribution is 5.97. The number of carbonyl (C=O) groups excluding carboxylic acids is 1. The number of hydrogen-bond acceptors (Lipinski definition) is 4. The molecule has 0 unspecified atom stereocenters. The number of ether oxygens (including phenoxy) is 1. The lowest BCUT2D eigenvalue weighted by Gasteiger charge is -2.21. The van der Waals surface area contributed by atoms with Crippen molar-refractivity contribution in [1.82, 2.24) is 0 Å². The molecule has 0 atom stereocenters. The molecule has 23 heavy (non-hydrogen) atoms. The topological polar surface area (TPSA) is 71.7 Å². The first-order chi connectivity index (χ1) is 11.2. The van der Waals surface area contributed by atoms with Crippen molar-refractivity contribution < 1.29 is 19.1 Å². The lowest BCUT2D eigenvalue weighted by atomic mass is 10.0. The van der Waals surface area contributed by atoms with Crippen LogP contribution >= 0.6 is 0 Å². The largest absolute Gasteiger partial charge is 0.467 e. The van der Waals surface area contributed by atoms with Crippen LogP contribution < -0.4 is 5.32 Å². The van der Waals surface area contributed by atoms with Gasteiger partial charge >= 0.3 is 0 Å². The van der Waals surface area contributed by atoms with Gasteiger partial charge in [0.25, 0.3) is 5.91 Å². The second-order valence-electron chi connectivity index (χ2n) is 5.97. The summed E-state index contributed by atoms with van der Waals surface area (Å²) in [5, 5.41) is 13.1. The van der Waals surface area contributed by atoms with Crippen molar-refractivity contribution in [2.75, 3.05) is 5.32 Å². The van der Waals surface area contributed by atoms with Crippen LogP contribution in [0.3, 0.4) is 0 Å². The molecule has 0 spiro atoms. The first-order valence-electron chi connectivity index (χ1n) is 7.89. The Labute approximate surface area is 135 Å². The SMILES string of the molecule is O=C(Nc1cccc(COCc2ccco2)c1)C1(O)CCCC1. The van der Waals surface area contributed by atoms with Crippen molar-refractivity contribution in [3.05, 3.63) is 54.0 Å². The second-order valence-corrected chi connectivity index (χ2v) is 5.97. The van der Waals surface area contributed by atoms with E-state index >= 15 is 0 Å². The van der Waals surface area contributed by atoms with E-state index < -0.39 is 5.60 Å². The molecule has 0 radical (unpaired) electrons. The Balaban J connectivity index is 1.55. The van der Waals surface area contributed by atoms with Crippen molar-refractivity contribution in [3.8, 4) is 0 Å². The first kappa shape index (κ1) is 15.8. The third-order valence-electron chi connectivity index (χ3n) is 4.13. The van der Waals surface area contributed by atoms with Gasteiger partial charge < -0.3 is 19.6 Å². The summed E-state index contributed by atoms with van der Waals surface area (Å²) in [6, 6.07) is 11.1. The quantitative estimate of drug-likeness (QED) is 0.858. The normalized spacial score (nSPS) is 16.4. The standard InChI is InChI=1S/C18H21NO4/c20-17(18(21)8-1-2-9-18)19-15-6-3-5-14(11-15)12-22-13-16-7-4-10-23-16/h3-7,10-11,21H,1-2,8-9,12-13H2,(H,19,20). The molecule has 0 saturated heterocycles. The summed E-state index contributed by atoms with van der Waals surface area (Å²) in [5.74, 6) is 0.460. The summed E-state index contributed by atoms with van der Waals surface area (Å²) in [4.78, 5) is 12.2. The van der Waals surface area contributed by atoms with E-state index in [1.807, 2.05) is 36.4 Å². The molecular formula is C18H21NO4. The Morgan fingerprint density at radius 1 is 1.22 bits per heavy atom. The number of amides is 1. The van der Waals surface area contributed by atoms with Crippen molar-refractivity contribution in [3.63, 3.8) is 0 Å². The summed E-state index contributed by atoms with van der Waals surface area (Å²) >= 11 is 0. The van der Waals surface area contributed by atoms with Gasteiger partial charge in [-0.15, -0.1) is 0 Å². The minimum absolute atomic E-state index is 0.316. The van der Waals surface area contributed by atoms with Crippen LogP contribution in [0.25, 0.3) is 0 Å². The van der Waals surface area contributed by atoms with Gasteiger partial charge in [0.1, 0.15) is 18.0 Å². The zero-order valence-electron chi connectivity index (χ0n) is 13.0. The number of aliphatic hydroxyl groups is 1. The molecule has 122 valence electrons. The van der Waals surface area contributed by atoms with Crippen LogP contribution in [-0.2, 0) is 22.7 Å². The van der Waals surface area contributed by atoms with E-state index in [0.717, 1.165) is 24.2 Å². The fourth-order valence-corrected chi connectivity index (χ4v) is 2.84. The van der Waals surface area contributed by atoms with E-state index in [0.29, 0.717) is 31.7 Å². The van der Waals surface area contributed by atoms with Crippen LogP contribution in [0.2, 0.25) is 0 Å². The van der Waals surface area contributed by atoms with E-state index in [2.05, 4.69) is 5.32 Å². The summed E-state index contributed by atoms with van der Waals surface area (Å²) in [5.41, 5.74) is 0.411. The van der Waals surface area contributed by atoms with Crippen LogP contribution in [-0.4, -0.2) is 16.6 Å². The van der Waals surface area contributed by atoms with Gasteiger partial charge in [-0.25, -0.2) is 0 Å². The molecule has 1 aromatic heterocycles. The molecule has 5 nitrogen and oxygen atoms in total. The Hall–Kier alpha value is -2.11. The molecule has 1 aliphatic rings. The Bertz CT molecular complexity index is 645. The molecule has 1 saturated carbocycles. The third-order valence-corrected chi connectivity index (χ3v) is 4.13. The van der Waals surface area contributed by atoms with E-state index in [1.54, 1.807) is 6.26 Å². The maximum Gasteiger partial charge on any atom is 0.256 e. The van der Waals surface area contributed by atoms with E-state index in [1.165, 1.54) is 0 Å². The molecule has 0 aliphatic heterocycles. The highest BCUT2D eigenvalue weighted by Crippen LogP contribution is 2.30. The summed E-state index contributed by atoms with van der Waals surface area (Å²) in [6.45, 7) is 0.831. The molecule has 1 amide bonds. The number of nitrogens with one attached hydrogen (secondary N) is 1. The second kappa shape index (κ2) is 6.98. The summed E-state index contributed by atoms with van der Waals surface area (Å²) in [6.07, 6.45) is 4.47. The van der Waals surface area contributed by atoms with Crippen LogP contribution in [0.4, 0.5) is 5.69 Å². The number of anilines is 1. The average molecular weight is 315 g/mol. The first-order valence-corrected chi connectivity index (χ1v) is 7.89. The highest BCUT2D eigenvalue weighted by atomic mass is 16.5. The van der Waals surface area contributed by atoms with E-state index in [9.17, 15) is 9.90 Å². The van der Waals surface area contributed by atoms with Gasteiger partial charge in [-0.1, -0.05) is 12.1 Å². The number of furan rings is 1. The summed E-state index contributed by atoms with van der Waals surface area (Å²) in [7, 11) is 0. The number of benzene rings is 1. The third kappa shape index (κ3) is 4.00. The van der Waals surface area contributed by atoms with Crippen LogP contribution in [0.15, 0.2) is 47.1 Å². The zero-order valence-corrected chi connectivity index (χ0v) is 13.0. The molecule has 1 aromatic carbocycles. The van der Waals surface area contributed by atoms with Crippen molar-refractivity contribution in [1.29, 1.82) is 0 Å². The molecule has 2 N–H and O–H groups in total. The minimum Gasteiger partial charge on any atom is -0.467 e. The molecule has 1 aliphatic carbocycles. The molecular weight excluding hydrogens is 294 g/mol. The Morgan fingerprint density at radius 2 is 2.04 bits per heavy atom. The minimum atomic E-state index is -1.22. The van der Waals surface area contributed by atoms with Gasteiger partial charge in [0, 0.05) is 5.69 Å². The fourth-order valence-electron chi connectivity index (χ4n) is 2.84. The number of hydrogen-bond donors (Lipinski definition) is 2. The number of rotatable bonds is 6. The maximum atomic E-state index is 12.2. The average Bonchev–Trinajstić information content (AvgIpc) is 3.20. The summed E-state index contributed by atoms with van der Waals surface area (Å²) < 4.78 is 10.8. The lowest BCUT2D eigenvalue weighted by molar-refractivity contribution is -0.133. The van der Waals surface area contributed by atoms with Crippen LogP contribution in [0.5, 0.6) is 0 Å². The maximum absolute atomic E-state index is 12.2. The van der Waals surface area contributed by atoms with Gasteiger partial charge in [-0.2, -0.15) is 0 Å². The zero-order chi connectivity index (χ0) is 16.1. The van der Waals surface area contributed by atoms with Crippen molar-refractivity contribution in [2.45, 2.75) is 44.5 Å². The van der Waals surface area contributed by atoms with Gasteiger partial charge in [0.15, 0.2) is 0 Å². The van der Waals surface area contributed by atoms with Gasteiger partial charge in [-0.05, 0) is 55.5 Å². The smallest absolute Gasteiger partial charge is 0.256 e. The highest BCUT2D eigenvalue weighted by Gasteiger charge is 2.38. The molecule has 2 aromatic rings. The predicted octanol–water partition coefficient (Wildman–Crippen LogP) is 3.24. The van der Waals surface area contributed by atoms with E-state index in [4.69, 9.17) is 9.15 Å². The molecule has 1 heterocycles. The molecule has 1 fully saturated rings. The fraction of sp³-hybridized carbons (Fsp3) is 0.389. The Kier molecular flexibility index (Phi) is 4.79. The Morgan fingerprint density at radius 3 is 2.78 bits per heavy atom. The van der Waals surface area contributed by atoms with Gasteiger partial charge in [0.2, 0.25) is 0 Å². The monoisotopic (exact) mass is 315 g/mol. The van der Waals surface area contributed by atoms with Crippen LogP contribution in [0.1, 0.15) is 37.0 Å².